The Morgan fingerprint density at radius 3 is 2.44 bits per heavy atom. The van der Waals surface area contributed by atoms with E-state index in [0.29, 0.717) is 5.02 Å². The molecule has 0 bridgehead atoms. The number of aromatic carboxylic acids is 1. The molecule has 0 saturated heterocycles. The minimum atomic E-state index is -0.976. The minimum Gasteiger partial charge on any atom is -0.478 e. The molecule has 0 amide bonds. The lowest BCUT2D eigenvalue weighted by atomic mass is 10.2. The SMILES string of the molecule is CCSc1ccc(C(=O)O)c(Cl)c1SCC. The van der Waals surface area contributed by atoms with Crippen LogP contribution in [0.15, 0.2) is 21.9 Å². The van der Waals surface area contributed by atoms with Crippen molar-refractivity contribution in [1.82, 2.24) is 0 Å². The quantitative estimate of drug-likeness (QED) is 0.815. The van der Waals surface area contributed by atoms with Gasteiger partial charge in [-0.05, 0) is 23.6 Å². The average molecular weight is 277 g/mol. The molecule has 0 fully saturated rings. The van der Waals surface area contributed by atoms with Gasteiger partial charge in [-0.25, -0.2) is 4.79 Å². The molecule has 0 spiro atoms. The van der Waals surface area contributed by atoms with Crippen LogP contribution in [0.4, 0.5) is 0 Å². The summed E-state index contributed by atoms with van der Waals surface area (Å²) in [4.78, 5) is 12.9. The van der Waals surface area contributed by atoms with Crippen LogP contribution in [0.5, 0.6) is 0 Å². The molecule has 0 aliphatic rings. The molecule has 16 heavy (non-hydrogen) atoms. The number of carboxylic acids is 1. The number of benzene rings is 1. The number of halogens is 1. The molecule has 0 saturated carbocycles. The van der Waals surface area contributed by atoms with E-state index in [1.165, 1.54) is 0 Å². The van der Waals surface area contributed by atoms with Crippen molar-refractivity contribution in [3.63, 3.8) is 0 Å². The van der Waals surface area contributed by atoms with E-state index >= 15 is 0 Å². The van der Waals surface area contributed by atoms with Crippen LogP contribution in [0, 0.1) is 0 Å². The highest BCUT2D eigenvalue weighted by Crippen LogP contribution is 2.38. The lowest BCUT2D eigenvalue weighted by Crippen LogP contribution is -1.99. The molecule has 0 heterocycles. The first-order valence-electron chi connectivity index (χ1n) is 4.93. The normalized spacial score (nSPS) is 10.4. The molecule has 1 rings (SSSR count). The van der Waals surface area contributed by atoms with Gasteiger partial charge >= 0.3 is 5.97 Å². The van der Waals surface area contributed by atoms with Gasteiger partial charge in [0.1, 0.15) is 0 Å². The predicted octanol–water partition coefficient (Wildman–Crippen LogP) is 4.26. The summed E-state index contributed by atoms with van der Waals surface area (Å²) in [5, 5.41) is 9.34. The lowest BCUT2D eigenvalue weighted by molar-refractivity contribution is 0.0696. The maximum absolute atomic E-state index is 10.9. The summed E-state index contributed by atoms with van der Waals surface area (Å²) < 4.78 is 0. The van der Waals surface area contributed by atoms with E-state index in [0.717, 1.165) is 21.3 Å². The van der Waals surface area contributed by atoms with Crippen LogP contribution in [-0.4, -0.2) is 22.6 Å². The van der Waals surface area contributed by atoms with Crippen LogP contribution >= 0.6 is 35.1 Å². The molecule has 88 valence electrons. The maximum Gasteiger partial charge on any atom is 0.337 e. The maximum atomic E-state index is 10.9. The predicted molar refractivity (Wildman–Crippen MR) is 71.2 cm³/mol. The lowest BCUT2D eigenvalue weighted by Gasteiger charge is -2.11. The third-order valence-corrected chi connectivity index (χ3v) is 4.46. The van der Waals surface area contributed by atoms with Crippen molar-refractivity contribution < 1.29 is 9.90 Å². The van der Waals surface area contributed by atoms with Crippen molar-refractivity contribution in [2.45, 2.75) is 23.6 Å². The largest absolute Gasteiger partial charge is 0.478 e. The number of carboxylic acid groups (broad SMARTS) is 1. The molecule has 1 N–H and O–H groups in total. The third kappa shape index (κ3) is 3.09. The van der Waals surface area contributed by atoms with Crippen molar-refractivity contribution in [3.8, 4) is 0 Å². The zero-order valence-electron chi connectivity index (χ0n) is 9.12. The molecule has 5 heteroatoms. The molecular formula is C11H13ClO2S2. The van der Waals surface area contributed by atoms with Crippen LogP contribution in [0.3, 0.4) is 0 Å². The fraction of sp³-hybridized carbons (Fsp3) is 0.364. The van der Waals surface area contributed by atoms with Gasteiger partial charge in [0, 0.05) is 9.79 Å². The monoisotopic (exact) mass is 276 g/mol. The highest BCUT2D eigenvalue weighted by molar-refractivity contribution is 8.02. The topological polar surface area (TPSA) is 37.3 Å². The zero-order chi connectivity index (χ0) is 12.1. The number of carbonyl (C=O) groups is 1. The van der Waals surface area contributed by atoms with Crippen molar-refractivity contribution in [2.75, 3.05) is 11.5 Å². The Morgan fingerprint density at radius 2 is 1.94 bits per heavy atom. The summed E-state index contributed by atoms with van der Waals surface area (Å²) >= 11 is 9.37. The molecule has 0 unspecified atom stereocenters. The van der Waals surface area contributed by atoms with Gasteiger partial charge in [-0.15, -0.1) is 23.5 Å². The second-order valence-electron chi connectivity index (χ2n) is 2.93. The van der Waals surface area contributed by atoms with E-state index in [1.54, 1.807) is 29.6 Å². The molecule has 0 aliphatic heterocycles. The van der Waals surface area contributed by atoms with Crippen molar-refractivity contribution in [1.29, 1.82) is 0 Å². The van der Waals surface area contributed by atoms with Gasteiger partial charge < -0.3 is 5.11 Å². The van der Waals surface area contributed by atoms with E-state index in [2.05, 4.69) is 6.92 Å². The van der Waals surface area contributed by atoms with E-state index in [4.69, 9.17) is 16.7 Å². The number of rotatable bonds is 5. The Bertz CT molecular complexity index is 394. The van der Waals surface area contributed by atoms with Gasteiger partial charge in [0.25, 0.3) is 0 Å². The summed E-state index contributed by atoms with van der Waals surface area (Å²) in [6.07, 6.45) is 0. The molecule has 0 aromatic heterocycles. The van der Waals surface area contributed by atoms with Crippen LogP contribution in [0.25, 0.3) is 0 Å². The summed E-state index contributed by atoms with van der Waals surface area (Å²) in [5.41, 5.74) is 0.179. The first kappa shape index (κ1) is 13.7. The van der Waals surface area contributed by atoms with Gasteiger partial charge in [0.15, 0.2) is 0 Å². The Kier molecular flexibility index (Phi) is 5.52. The van der Waals surface area contributed by atoms with Crippen LogP contribution < -0.4 is 0 Å². The van der Waals surface area contributed by atoms with Gasteiger partial charge in [-0.1, -0.05) is 25.4 Å². The first-order chi connectivity index (χ1) is 7.61. The Hall–Kier alpha value is -0.320. The second-order valence-corrected chi connectivity index (χ2v) is 5.88. The van der Waals surface area contributed by atoms with Crippen molar-refractivity contribution in [2.24, 2.45) is 0 Å². The van der Waals surface area contributed by atoms with Crippen LogP contribution in [0.2, 0.25) is 5.02 Å². The summed E-state index contributed by atoms with van der Waals surface area (Å²) in [5.74, 6) is 0.844. The van der Waals surface area contributed by atoms with Gasteiger partial charge in [-0.2, -0.15) is 0 Å². The summed E-state index contributed by atoms with van der Waals surface area (Å²) in [6, 6.07) is 3.41. The Labute approximate surface area is 109 Å². The first-order valence-corrected chi connectivity index (χ1v) is 7.28. The highest BCUT2D eigenvalue weighted by atomic mass is 35.5. The van der Waals surface area contributed by atoms with Crippen molar-refractivity contribution in [3.05, 3.63) is 22.7 Å². The number of hydrogen-bond donors (Lipinski definition) is 1. The average Bonchev–Trinajstić information content (AvgIpc) is 2.23. The van der Waals surface area contributed by atoms with E-state index in [9.17, 15) is 4.79 Å². The van der Waals surface area contributed by atoms with Crippen molar-refractivity contribution >= 4 is 41.1 Å². The fourth-order valence-corrected chi connectivity index (χ4v) is 3.51. The van der Waals surface area contributed by atoms with Gasteiger partial charge in [-0.3, -0.25) is 0 Å². The summed E-state index contributed by atoms with van der Waals surface area (Å²) in [7, 11) is 0. The van der Waals surface area contributed by atoms with E-state index in [-0.39, 0.29) is 5.56 Å². The Morgan fingerprint density at radius 1 is 1.31 bits per heavy atom. The molecular weight excluding hydrogens is 264 g/mol. The molecule has 1 aromatic rings. The standard InChI is InChI=1S/C11H13ClO2S2/c1-3-15-8-6-5-7(11(13)14)9(12)10(8)16-4-2/h5-6H,3-4H2,1-2H3,(H,13,14). The van der Waals surface area contributed by atoms with Crippen LogP contribution in [0.1, 0.15) is 24.2 Å². The number of hydrogen-bond acceptors (Lipinski definition) is 3. The molecule has 0 atom stereocenters. The zero-order valence-corrected chi connectivity index (χ0v) is 11.5. The minimum absolute atomic E-state index is 0.179. The summed E-state index contributed by atoms with van der Waals surface area (Å²) in [6.45, 7) is 4.08. The molecule has 0 radical (unpaired) electrons. The second kappa shape index (κ2) is 6.42. The van der Waals surface area contributed by atoms with E-state index < -0.39 is 5.97 Å². The number of thioether (sulfide) groups is 2. The van der Waals surface area contributed by atoms with E-state index in [1.807, 2.05) is 13.0 Å². The third-order valence-electron chi connectivity index (χ3n) is 1.88. The Balaban J connectivity index is 3.23. The molecule has 1 aromatic carbocycles. The smallest absolute Gasteiger partial charge is 0.337 e. The van der Waals surface area contributed by atoms with Gasteiger partial charge in [0.05, 0.1) is 10.6 Å². The fourth-order valence-electron chi connectivity index (χ4n) is 1.25. The van der Waals surface area contributed by atoms with Gasteiger partial charge in [0.2, 0.25) is 0 Å². The highest BCUT2D eigenvalue weighted by Gasteiger charge is 2.16. The molecule has 2 nitrogen and oxygen atoms in total. The van der Waals surface area contributed by atoms with Crippen LogP contribution in [-0.2, 0) is 0 Å². The molecule has 0 aliphatic carbocycles.